The average Bonchev–Trinajstić information content (AvgIpc) is 2.20. The van der Waals surface area contributed by atoms with Crippen molar-refractivity contribution >= 4 is 11.7 Å². The van der Waals surface area contributed by atoms with Crippen LogP contribution in [0.2, 0.25) is 0 Å². The second kappa shape index (κ2) is 2.64. The van der Waals surface area contributed by atoms with E-state index in [4.69, 9.17) is 0 Å². The molecule has 0 unspecified atom stereocenters. The third-order valence-electron chi connectivity index (χ3n) is 1.48. The van der Waals surface area contributed by atoms with Crippen LogP contribution in [-0.4, -0.2) is 29.7 Å². The van der Waals surface area contributed by atoms with E-state index >= 15 is 0 Å². The second-order valence-corrected chi connectivity index (χ2v) is 2.21. The highest BCUT2D eigenvalue weighted by atomic mass is 16.2. The monoisotopic (exact) mass is 139 g/mol. The standard InChI is InChI=1S/C7H9NO2/c1-2-4-8-5-3-6(9)7(8)10/h2H,1,3-5H2. The van der Waals surface area contributed by atoms with Gasteiger partial charge in [0.2, 0.25) is 5.78 Å². The molecule has 1 aliphatic rings. The number of carbonyl (C=O) groups is 2. The molecule has 0 spiro atoms. The van der Waals surface area contributed by atoms with E-state index in [1.807, 2.05) is 0 Å². The minimum Gasteiger partial charge on any atom is -0.332 e. The Morgan fingerprint density at radius 2 is 2.30 bits per heavy atom. The molecule has 0 bridgehead atoms. The van der Waals surface area contributed by atoms with Gasteiger partial charge in [0.15, 0.2) is 0 Å². The molecule has 0 N–H and O–H groups in total. The van der Waals surface area contributed by atoms with Gasteiger partial charge in [-0.3, -0.25) is 9.59 Å². The maximum Gasteiger partial charge on any atom is 0.290 e. The molecule has 10 heavy (non-hydrogen) atoms. The van der Waals surface area contributed by atoms with Gasteiger partial charge in [-0.2, -0.15) is 0 Å². The summed E-state index contributed by atoms with van der Waals surface area (Å²) in [5.41, 5.74) is 0. The van der Waals surface area contributed by atoms with Gasteiger partial charge in [-0.15, -0.1) is 6.58 Å². The van der Waals surface area contributed by atoms with Crippen LogP contribution in [0.1, 0.15) is 6.42 Å². The SMILES string of the molecule is C=CCN1CCC(=O)C1=O. The molecule has 0 saturated carbocycles. The van der Waals surface area contributed by atoms with Crippen LogP contribution < -0.4 is 0 Å². The summed E-state index contributed by atoms with van der Waals surface area (Å²) in [4.78, 5) is 23.0. The number of amides is 1. The van der Waals surface area contributed by atoms with Gasteiger partial charge in [0.1, 0.15) is 0 Å². The van der Waals surface area contributed by atoms with Crippen molar-refractivity contribution in [2.45, 2.75) is 6.42 Å². The van der Waals surface area contributed by atoms with Crippen LogP contribution in [-0.2, 0) is 9.59 Å². The zero-order valence-corrected chi connectivity index (χ0v) is 5.67. The lowest BCUT2D eigenvalue weighted by Crippen LogP contribution is -2.27. The number of Topliss-reactive ketones (excluding diaryl/α,β-unsaturated/α-hetero) is 1. The Hall–Kier alpha value is -1.12. The lowest BCUT2D eigenvalue weighted by Gasteiger charge is -2.09. The van der Waals surface area contributed by atoms with Gasteiger partial charge < -0.3 is 4.90 Å². The molecule has 3 nitrogen and oxygen atoms in total. The van der Waals surface area contributed by atoms with E-state index < -0.39 is 0 Å². The Labute approximate surface area is 59.3 Å². The minimum absolute atomic E-state index is 0.276. The maximum atomic E-state index is 10.8. The second-order valence-electron chi connectivity index (χ2n) is 2.21. The average molecular weight is 139 g/mol. The van der Waals surface area contributed by atoms with E-state index in [0.717, 1.165) is 0 Å². The Morgan fingerprint density at radius 3 is 2.70 bits per heavy atom. The normalized spacial score (nSPS) is 18.2. The number of rotatable bonds is 2. The first kappa shape index (κ1) is 6.99. The third kappa shape index (κ3) is 1.07. The van der Waals surface area contributed by atoms with Crippen LogP contribution in [0.3, 0.4) is 0 Å². The van der Waals surface area contributed by atoms with Crippen molar-refractivity contribution in [1.29, 1.82) is 0 Å². The Bertz CT molecular complexity index is 186. The van der Waals surface area contributed by atoms with Gasteiger partial charge >= 0.3 is 0 Å². The number of likely N-dealkylation sites (tertiary alicyclic amines) is 1. The van der Waals surface area contributed by atoms with Crippen LogP contribution in [0.15, 0.2) is 12.7 Å². The molecular formula is C7H9NO2. The topological polar surface area (TPSA) is 37.4 Å². The van der Waals surface area contributed by atoms with Gasteiger partial charge in [0.05, 0.1) is 0 Å². The fourth-order valence-electron chi connectivity index (χ4n) is 0.951. The van der Waals surface area contributed by atoms with E-state index in [0.29, 0.717) is 19.5 Å². The maximum absolute atomic E-state index is 10.8. The van der Waals surface area contributed by atoms with E-state index in [9.17, 15) is 9.59 Å². The molecule has 0 aromatic carbocycles. The van der Waals surface area contributed by atoms with Crippen molar-refractivity contribution in [2.75, 3.05) is 13.1 Å². The third-order valence-corrected chi connectivity index (χ3v) is 1.48. The molecule has 0 radical (unpaired) electrons. The van der Waals surface area contributed by atoms with Crippen molar-refractivity contribution in [3.05, 3.63) is 12.7 Å². The van der Waals surface area contributed by atoms with Crippen LogP contribution >= 0.6 is 0 Å². The quantitative estimate of drug-likeness (QED) is 0.398. The Morgan fingerprint density at radius 1 is 1.60 bits per heavy atom. The van der Waals surface area contributed by atoms with Crippen molar-refractivity contribution in [3.63, 3.8) is 0 Å². The van der Waals surface area contributed by atoms with Crippen molar-refractivity contribution < 1.29 is 9.59 Å². The summed E-state index contributed by atoms with van der Waals surface area (Å²) < 4.78 is 0. The highest BCUT2D eigenvalue weighted by molar-refractivity contribution is 6.37. The summed E-state index contributed by atoms with van der Waals surface area (Å²) in [6.07, 6.45) is 1.99. The van der Waals surface area contributed by atoms with Gasteiger partial charge in [-0.25, -0.2) is 0 Å². The van der Waals surface area contributed by atoms with Crippen molar-refractivity contribution in [1.82, 2.24) is 4.90 Å². The molecule has 0 atom stereocenters. The molecule has 1 heterocycles. The molecule has 1 saturated heterocycles. The summed E-state index contributed by atoms with van der Waals surface area (Å²) in [5.74, 6) is -0.637. The van der Waals surface area contributed by atoms with Gasteiger partial charge in [0, 0.05) is 19.5 Å². The molecular weight excluding hydrogens is 130 g/mol. The molecule has 1 fully saturated rings. The molecule has 3 heteroatoms. The smallest absolute Gasteiger partial charge is 0.290 e. The number of hydrogen-bond acceptors (Lipinski definition) is 2. The van der Waals surface area contributed by atoms with Crippen molar-refractivity contribution in [2.24, 2.45) is 0 Å². The summed E-state index contributed by atoms with van der Waals surface area (Å²) >= 11 is 0. The molecule has 0 aromatic heterocycles. The van der Waals surface area contributed by atoms with Crippen LogP contribution in [0.25, 0.3) is 0 Å². The number of carbonyl (C=O) groups excluding carboxylic acids is 2. The first-order chi connectivity index (χ1) is 4.75. The minimum atomic E-state index is -0.361. The summed E-state index contributed by atoms with van der Waals surface area (Å²) in [5, 5.41) is 0. The molecule has 1 aliphatic heterocycles. The Kier molecular flexibility index (Phi) is 1.85. The summed E-state index contributed by atoms with van der Waals surface area (Å²) in [6, 6.07) is 0. The largest absolute Gasteiger partial charge is 0.332 e. The highest BCUT2D eigenvalue weighted by Crippen LogP contribution is 2.04. The lowest BCUT2D eigenvalue weighted by molar-refractivity contribution is -0.139. The van der Waals surface area contributed by atoms with E-state index in [1.165, 1.54) is 4.90 Å². The number of nitrogens with zero attached hydrogens (tertiary/aromatic N) is 1. The molecule has 54 valence electrons. The molecule has 0 aliphatic carbocycles. The first-order valence-corrected chi connectivity index (χ1v) is 3.18. The zero-order chi connectivity index (χ0) is 7.56. The molecule has 1 amide bonds. The van der Waals surface area contributed by atoms with E-state index in [-0.39, 0.29) is 11.7 Å². The van der Waals surface area contributed by atoms with Crippen LogP contribution in [0.4, 0.5) is 0 Å². The Balaban J connectivity index is 2.57. The van der Waals surface area contributed by atoms with Gasteiger partial charge in [0.25, 0.3) is 5.91 Å². The fourth-order valence-corrected chi connectivity index (χ4v) is 0.951. The van der Waals surface area contributed by atoms with Crippen LogP contribution in [0.5, 0.6) is 0 Å². The highest BCUT2D eigenvalue weighted by Gasteiger charge is 2.27. The van der Waals surface area contributed by atoms with Gasteiger partial charge in [-0.1, -0.05) is 6.08 Å². The number of hydrogen-bond donors (Lipinski definition) is 0. The van der Waals surface area contributed by atoms with Gasteiger partial charge in [-0.05, 0) is 0 Å². The summed E-state index contributed by atoms with van der Waals surface area (Å²) in [7, 11) is 0. The van der Waals surface area contributed by atoms with E-state index in [1.54, 1.807) is 6.08 Å². The molecule has 0 aromatic rings. The predicted octanol–water partition coefficient (Wildman–Crippen LogP) is -0.0262. The fraction of sp³-hybridized carbons (Fsp3) is 0.429. The van der Waals surface area contributed by atoms with Crippen LogP contribution in [0, 0.1) is 0 Å². The lowest BCUT2D eigenvalue weighted by atomic mass is 10.3. The molecule has 1 rings (SSSR count). The predicted molar refractivity (Wildman–Crippen MR) is 36.4 cm³/mol. The number of ketones is 1. The first-order valence-electron chi connectivity index (χ1n) is 3.18. The summed E-state index contributed by atoms with van der Waals surface area (Å²) in [6.45, 7) is 4.53. The van der Waals surface area contributed by atoms with E-state index in [2.05, 4.69) is 6.58 Å². The zero-order valence-electron chi connectivity index (χ0n) is 5.67. The van der Waals surface area contributed by atoms with Crippen molar-refractivity contribution in [3.8, 4) is 0 Å².